The maximum Gasteiger partial charge on any atom is 0.167 e. The largest absolute Gasteiger partial charge is 0.493 e. The number of halogens is 1. The van der Waals surface area contributed by atoms with Crippen LogP contribution in [0.4, 0.5) is 0 Å². The van der Waals surface area contributed by atoms with Crippen molar-refractivity contribution in [1.29, 1.82) is 0 Å². The van der Waals surface area contributed by atoms with E-state index in [0.29, 0.717) is 11.5 Å². The number of rotatable bonds is 4. The van der Waals surface area contributed by atoms with Gasteiger partial charge in [0.1, 0.15) is 6.10 Å². The quantitative estimate of drug-likeness (QED) is 0.920. The molecule has 0 aliphatic carbocycles. The Morgan fingerprint density at radius 3 is 2.47 bits per heavy atom. The van der Waals surface area contributed by atoms with Crippen molar-refractivity contribution in [2.75, 3.05) is 27.2 Å². The van der Waals surface area contributed by atoms with Gasteiger partial charge in [0.05, 0.1) is 12.7 Å². The summed E-state index contributed by atoms with van der Waals surface area (Å²) in [4.78, 5) is 2.18. The molecule has 19 heavy (non-hydrogen) atoms. The topological polar surface area (TPSA) is 41.9 Å². The molecular weight excluding hydrogens is 310 g/mol. The van der Waals surface area contributed by atoms with Gasteiger partial charge in [-0.2, -0.15) is 0 Å². The molecule has 1 N–H and O–H groups in total. The summed E-state index contributed by atoms with van der Waals surface area (Å²) >= 11 is 3.43. The van der Waals surface area contributed by atoms with Crippen molar-refractivity contribution in [1.82, 2.24) is 4.90 Å². The third-order valence-electron chi connectivity index (χ3n) is 3.21. The Balaban J connectivity index is 2.37. The summed E-state index contributed by atoms with van der Waals surface area (Å²) in [7, 11) is 3.66. The maximum absolute atomic E-state index is 10.3. The van der Waals surface area contributed by atoms with Crippen LogP contribution in [0.5, 0.6) is 11.5 Å². The molecule has 0 unspecified atom stereocenters. The van der Waals surface area contributed by atoms with Crippen LogP contribution in [0.1, 0.15) is 19.4 Å². The summed E-state index contributed by atoms with van der Waals surface area (Å²) in [6.45, 7) is 5.27. The molecule has 0 aromatic heterocycles. The number of likely N-dealkylation sites (tertiary alicyclic amines) is 1. The maximum atomic E-state index is 10.3. The fourth-order valence-electron chi connectivity index (χ4n) is 2.18. The smallest absolute Gasteiger partial charge is 0.167 e. The minimum Gasteiger partial charge on any atom is -0.493 e. The van der Waals surface area contributed by atoms with Gasteiger partial charge in [-0.05, 0) is 33.0 Å². The molecule has 106 valence electrons. The molecular formula is C14H20BrNO3. The molecule has 1 saturated heterocycles. The average molecular weight is 330 g/mol. The Bertz CT molecular complexity index is 464. The summed E-state index contributed by atoms with van der Waals surface area (Å²) in [6, 6.07) is 3.73. The van der Waals surface area contributed by atoms with E-state index < -0.39 is 5.60 Å². The molecule has 1 fully saturated rings. The van der Waals surface area contributed by atoms with Crippen molar-refractivity contribution in [3.8, 4) is 11.5 Å². The van der Waals surface area contributed by atoms with Gasteiger partial charge in [0.25, 0.3) is 0 Å². The number of likely N-dealkylation sites (N-methyl/N-ethyl adjacent to an activating group) is 1. The van der Waals surface area contributed by atoms with Gasteiger partial charge in [-0.3, -0.25) is 4.90 Å². The Kier molecular flexibility index (Phi) is 4.08. The van der Waals surface area contributed by atoms with Crippen LogP contribution >= 0.6 is 15.9 Å². The van der Waals surface area contributed by atoms with Crippen LogP contribution in [0, 0.1) is 0 Å². The molecule has 0 saturated carbocycles. The van der Waals surface area contributed by atoms with Crippen molar-refractivity contribution < 1.29 is 14.6 Å². The first kappa shape index (κ1) is 14.6. The summed E-state index contributed by atoms with van der Waals surface area (Å²) in [6.07, 6.45) is 0.154. The van der Waals surface area contributed by atoms with Crippen LogP contribution in [-0.4, -0.2) is 43.4 Å². The van der Waals surface area contributed by atoms with Crippen LogP contribution in [0.25, 0.3) is 0 Å². The van der Waals surface area contributed by atoms with Crippen molar-refractivity contribution in [3.63, 3.8) is 0 Å². The number of aliphatic hydroxyl groups is 1. The lowest BCUT2D eigenvalue weighted by atomic mass is 9.96. The van der Waals surface area contributed by atoms with E-state index in [1.54, 1.807) is 21.0 Å². The lowest BCUT2D eigenvalue weighted by molar-refractivity contribution is 0.0274. The third kappa shape index (κ3) is 3.22. The standard InChI is InChI=1S/C14H20BrNO3/c1-14(2,17)11-5-9(15)6-12(18-4)13(11)19-10-7-16(3)8-10/h5-6,10,17H,7-8H2,1-4H3. The van der Waals surface area contributed by atoms with E-state index in [9.17, 15) is 5.11 Å². The first-order valence-electron chi connectivity index (χ1n) is 6.27. The van der Waals surface area contributed by atoms with E-state index in [-0.39, 0.29) is 6.10 Å². The van der Waals surface area contributed by atoms with Crippen LogP contribution in [0.3, 0.4) is 0 Å². The second-order valence-electron chi connectivity index (χ2n) is 5.50. The van der Waals surface area contributed by atoms with Crippen molar-refractivity contribution in [3.05, 3.63) is 22.2 Å². The van der Waals surface area contributed by atoms with Gasteiger partial charge in [-0.25, -0.2) is 0 Å². The van der Waals surface area contributed by atoms with Gasteiger partial charge in [0.2, 0.25) is 0 Å². The van der Waals surface area contributed by atoms with E-state index in [0.717, 1.165) is 23.1 Å². The number of nitrogens with zero attached hydrogens (tertiary/aromatic N) is 1. The van der Waals surface area contributed by atoms with Crippen LogP contribution < -0.4 is 9.47 Å². The molecule has 0 amide bonds. The van der Waals surface area contributed by atoms with Gasteiger partial charge < -0.3 is 14.6 Å². The number of benzene rings is 1. The third-order valence-corrected chi connectivity index (χ3v) is 3.67. The Morgan fingerprint density at radius 2 is 2.00 bits per heavy atom. The molecule has 2 rings (SSSR count). The molecule has 1 aromatic rings. The minimum absolute atomic E-state index is 0.154. The van der Waals surface area contributed by atoms with E-state index in [2.05, 4.69) is 27.9 Å². The van der Waals surface area contributed by atoms with Crippen molar-refractivity contribution >= 4 is 15.9 Å². The molecule has 1 aliphatic heterocycles. The molecule has 4 nitrogen and oxygen atoms in total. The monoisotopic (exact) mass is 329 g/mol. The number of hydrogen-bond donors (Lipinski definition) is 1. The predicted octanol–water partition coefficient (Wildman–Crippen LogP) is 2.38. The van der Waals surface area contributed by atoms with Gasteiger partial charge in [0, 0.05) is 23.1 Å². The molecule has 0 bridgehead atoms. The molecule has 0 spiro atoms. The van der Waals surface area contributed by atoms with Crippen LogP contribution in [0.2, 0.25) is 0 Å². The average Bonchev–Trinajstić information content (AvgIpc) is 2.27. The Hall–Kier alpha value is -0.780. The van der Waals surface area contributed by atoms with Gasteiger partial charge in [-0.1, -0.05) is 15.9 Å². The highest BCUT2D eigenvalue weighted by atomic mass is 79.9. The summed E-state index contributed by atoms with van der Waals surface area (Å²) in [5, 5.41) is 10.3. The SMILES string of the molecule is COc1cc(Br)cc(C(C)(C)O)c1OC1CN(C)C1. The van der Waals surface area contributed by atoms with E-state index in [1.165, 1.54) is 0 Å². The molecule has 0 radical (unpaired) electrons. The zero-order valence-corrected chi connectivity index (χ0v) is 13.3. The zero-order valence-electron chi connectivity index (χ0n) is 11.7. The fourth-order valence-corrected chi connectivity index (χ4v) is 2.62. The predicted molar refractivity (Wildman–Crippen MR) is 77.9 cm³/mol. The Labute approximate surface area is 122 Å². The highest BCUT2D eigenvalue weighted by Gasteiger charge is 2.30. The molecule has 1 aliphatic rings. The van der Waals surface area contributed by atoms with Gasteiger partial charge in [-0.15, -0.1) is 0 Å². The van der Waals surface area contributed by atoms with E-state index in [1.807, 2.05) is 12.1 Å². The molecule has 1 heterocycles. The van der Waals surface area contributed by atoms with Crippen molar-refractivity contribution in [2.45, 2.75) is 25.6 Å². The minimum atomic E-state index is -0.984. The summed E-state index contributed by atoms with van der Waals surface area (Å²) in [5.41, 5.74) is -0.254. The lowest BCUT2D eigenvalue weighted by Gasteiger charge is -2.37. The first-order valence-corrected chi connectivity index (χ1v) is 7.06. The highest BCUT2D eigenvalue weighted by molar-refractivity contribution is 9.10. The molecule has 0 atom stereocenters. The molecule has 1 aromatic carbocycles. The van der Waals surface area contributed by atoms with Gasteiger partial charge >= 0.3 is 0 Å². The number of hydrogen-bond acceptors (Lipinski definition) is 4. The van der Waals surface area contributed by atoms with Gasteiger partial charge in [0.15, 0.2) is 11.5 Å². The number of ether oxygens (including phenoxy) is 2. The van der Waals surface area contributed by atoms with E-state index in [4.69, 9.17) is 9.47 Å². The fraction of sp³-hybridized carbons (Fsp3) is 0.571. The van der Waals surface area contributed by atoms with E-state index >= 15 is 0 Å². The second-order valence-corrected chi connectivity index (χ2v) is 6.42. The zero-order chi connectivity index (χ0) is 14.2. The lowest BCUT2D eigenvalue weighted by Crippen LogP contribution is -2.51. The molecule has 5 heteroatoms. The van der Waals surface area contributed by atoms with Crippen molar-refractivity contribution in [2.24, 2.45) is 0 Å². The second kappa shape index (κ2) is 5.31. The number of methoxy groups -OCH3 is 1. The highest BCUT2D eigenvalue weighted by Crippen LogP contribution is 2.41. The Morgan fingerprint density at radius 1 is 1.37 bits per heavy atom. The summed E-state index contributed by atoms with van der Waals surface area (Å²) in [5.74, 6) is 1.28. The summed E-state index contributed by atoms with van der Waals surface area (Å²) < 4.78 is 12.2. The van der Waals surface area contributed by atoms with Crippen LogP contribution in [0.15, 0.2) is 16.6 Å². The first-order chi connectivity index (χ1) is 8.81. The van der Waals surface area contributed by atoms with Crippen LogP contribution in [-0.2, 0) is 5.60 Å². The normalized spacial score (nSPS) is 17.2.